The summed E-state index contributed by atoms with van der Waals surface area (Å²) in [4.78, 5) is 16.8. The first-order valence-corrected chi connectivity index (χ1v) is 7.22. The molecule has 21 heavy (non-hydrogen) atoms. The smallest absolute Gasteiger partial charge is 0.264 e. The molecule has 0 aliphatic heterocycles. The molecule has 3 aromatic rings. The van der Waals surface area contributed by atoms with Gasteiger partial charge < -0.3 is 0 Å². The molecule has 0 fully saturated rings. The molecule has 0 radical (unpaired) electrons. The van der Waals surface area contributed by atoms with Gasteiger partial charge >= 0.3 is 0 Å². The number of non-ortho nitro benzene ring substituents is 1. The normalized spacial score (nSPS) is 10.7. The average molecular weight is 296 g/mol. The van der Waals surface area contributed by atoms with Crippen molar-refractivity contribution in [2.45, 2.75) is 16.7 Å². The zero-order valence-corrected chi connectivity index (χ0v) is 12.1. The Morgan fingerprint density at radius 2 is 1.81 bits per heavy atom. The van der Waals surface area contributed by atoms with Gasteiger partial charge in [0.2, 0.25) is 0 Å². The molecule has 1 aromatic heterocycles. The van der Waals surface area contributed by atoms with Gasteiger partial charge in [0.15, 0.2) is 0 Å². The molecule has 0 spiro atoms. The molecule has 3 rings (SSSR count). The molecular weight excluding hydrogens is 284 g/mol. The molecule has 0 atom stereocenters. The third-order valence-corrected chi connectivity index (χ3v) is 4.28. The number of fused-ring (bicyclic) bond motifs is 1. The average Bonchev–Trinajstić information content (AvgIpc) is 2.49. The van der Waals surface area contributed by atoms with Crippen molar-refractivity contribution in [3.63, 3.8) is 0 Å². The number of aromatic nitrogens is 1. The standard InChI is InChI=1S/C16H12N2O2S/c1-11-2-4-12(5-3-11)21-16-7-6-15(18(19)20)14-10-17-9-8-13(14)16/h2-10H,1H3. The lowest BCUT2D eigenvalue weighted by Gasteiger charge is -2.07. The van der Waals surface area contributed by atoms with Gasteiger partial charge in [0.25, 0.3) is 5.69 Å². The van der Waals surface area contributed by atoms with Crippen LogP contribution in [-0.2, 0) is 0 Å². The molecule has 104 valence electrons. The largest absolute Gasteiger partial charge is 0.278 e. The molecule has 0 aliphatic rings. The van der Waals surface area contributed by atoms with E-state index in [1.807, 2.05) is 13.0 Å². The number of nitrogens with zero attached hydrogens (tertiary/aromatic N) is 2. The number of hydrogen-bond acceptors (Lipinski definition) is 4. The summed E-state index contributed by atoms with van der Waals surface area (Å²) in [5.41, 5.74) is 1.29. The van der Waals surface area contributed by atoms with Crippen LogP contribution in [0.1, 0.15) is 5.56 Å². The van der Waals surface area contributed by atoms with Crippen molar-refractivity contribution in [2.24, 2.45) is 0 Å². The van der Waals surface area contributed by atoms with Gasteiger partial charge in [-0.3, -0.25) is 15.1 Å². The minimum Gasteiger partial charge on any atom is -0.264 e. The minimum absolute atomic E-state index is 0.0892. The predicted octanol–water partition coefficient (Wildman–Crippen LogP) is 4.60. The van der Waals surface area contributed by atoms with Crippen molar-refractivity contribution < 1.29 is 4.92 Å². The number of nitro groups is 1. The fourth-order valence-corrected chi connectivity index (χ4v) is 3.08. The Morgan fingerprint density at radius 1 is 1.05 bits per heavy atom. The molecule has 1 heterocycles. The molecule has 0 saturated carbocycles. The molecule has 0 N–H and O–H groups in total. The molecule has 5 heteroatoms. The summed E-state index contributed by atoms with van der Waals surface area (Å²) in [5, 5.41) is 12.5. The van der Waals surface area contributed by atoms with Crippen LogP contribution >= 0.6 is 11.8 Å². The van der Waals surface area contributed by atoms with E-state index in [-0.39, 0.29) is 10.6 Å². The molecule has 4 nitrogen and oxygen atoms in total. The summed E-state index contributed by atoms with van der Waals surface area (Å²) < 4.78 is 0. The third-order valence-electron chi connectivity index (χ3n) is 3.20. The zero-order chi connectivity index (χ0) is 14.8. The first-order chi connectivity index (χ1) is 10.1. The summed E-state index contributed by atoms with van der Waals surface area (Å²) >= 11 is 1.60. The monoisotopic (exact) mass is 296 g/mol. The number of rotatable bonds is 3. The second-order valence-electron chi connectivity index (χ2n) is 4.68. The van der Waals surface area contributed by atoms with E-state index >= 15 is 0 Å². The van der Waals surface area contributed by atoms with Gasteiger partial charge in [0, 0.05) is 33.6 Å². The van der Waals surface area contributed by atoms with Gasteiger partial charge in [-0.25, -0.2) is 0 Å². The van der Waals surface area contributed by atoms with Crippen LogP contribution in [0, 0.1) is 17.0 Å². The number of nitro benzene ring substituents is 1. The Hall–Kier alpha value is -2.40. The Morgan fingerprint density at radius 3 is 2.52 bits per heavy atom. The molecule has 2 aromatic carbocycles. The van der Waals surface area contributed by atoms with Crippen molar-refractivity contribution in [3.05, 3.63) is 70.5 Å². The summed E-state index contributed by atoms with van der Waals surface area (Å²) in [6, 6.07) is 13.4. The Balaban J connectivity index is 2.09. The lowest BCUT2D eigenvalue weighted by molar-refractivity contribution is -0.383. The van der Waals surface area contributed by atoms with E-state index in [9.17, 15) is 10.1 Å². The van der Waals surface area contributed by atoms with Crippen molar-refractivity contribution in [1.82, 2.24) is 4.98 Å². The van der Waals surface area contributed by atoms with Crippen LogP contribution in [0.4, 0.5) is 5.69 Å². The van der Waals surface area contributed by atoms with Crippen molar-refractivity contribution >= 4 is 28.2 Å². The number of aryl methyl sites for hydroxylation is 1. The van der Waals surface area contributed by atoms with Gasteiger partial charge in [-0.1, -0.05) is 29.5 Å². The molecular formula is C16H12N2O2S. The van der Waals surface area contributed by atoms with Crippen LogP contribution in [0.5, 0.6) is 0 Å². The van der Waals surface area contributed by atoms with Gasteiger partial charge in [0.05, 0.1) is 10.3 Å². The van der Waals surface area contributed by atoms with E-state index in [4.69, 9.17) is 0 Å². The molecule has 0 bridgehead atoms. The first kappa shape index (κ1) is 13.6. The van der Waals surface area contributed by atoms with Gasteiger partial charge in [0.1, 0.15) is 0 Å². The van der Waals surface area contributed by atoms with Crippen LogP contribution in [0.3, 0.4) is 0 Å². The summed E-state index contributed by atoms with van der Waals surface area (Å²) in [6.07, 6.45) is 3.21. The molecule has 0 aliphatic carbocycles. The van der Waals surface area contributed by atoms with E-state index in [1.54, 1.807) is 36.3 Å². The number of pyridine rings is 1. The number of hydrogen-bond donors (Lipinski definition) is 0. The number of benzene rings is 2. The quantitative estimate of drug-likeness (QED) is 0.523. The summed E-state index contributed by atoms with van der Waals surface area (Å²) in [6.45, 7) is 2.04. The van der Waals surface area contributed by atoms with Crippen LogP contribution in [0.2, 0.25) is 0 Å². The van der Waals surface area contributed by atoms with E-state index in [1.165, 1.54) is 5.56 Å². The van der Waals surface area contributed by atoms with Crippen LogP contribution in [-0.4, -0.2) is 9.91 Å². The maximum Gasteiger partial charge on any atom is 0.278 e. The summed E-state index contributed by atoms with van der Waals surface area (Å²) in [5.74, 6) is 0. The highest BCUT2D eigenvalue weighted by Gasteiger charge is 2.14. The highest BCUT2D eigenvalue weighted by molar-refractivity contribution is 7.99. The third kappa shape index (κ3) is 2.73. The van der Waals surface area contributed by atoms with Crippen LogP contribution in [0.25, 0.3) is 10.8 Å². The second kappa shape index (κ2) is 5.54. The highest BCUT2D eigenvalue weighted by Crippen LogP contribution is 2.36. The lowest BCUT2D eigenvalue weighted by Crippen LogP contribution is -1.91. The molecule has 0 saturated heterocycles. The van der Waals surface area contributed by atoms with Crippen molar-refractivity contribution in [2.75, 3.05) is 0 Å². The van der Waals surface area contributed by atoms with E-state index < -0.39 is 0 Å². The van der Waals surface area contributed by atoms with E-state index in [2.05, 4.69) is 29.2 Å². The van der Waals surface area contributed by atoms with Gasteiger partial charge in [-0.05, 0) is 31.2 Å². The minimum atomic E-state index is -0.371. The zero-order valence-electron chi connectivity index (χ0n) is 11.3. The lowest BCUT2D eigenvalue weighted by atomic mass is 10.1. The van der Waals surface area contributed by atoms with Crippen LogP contribution in [0.15, 0.2) is 64.6 Å². The second-order valence-corrected chi connectivity index (χ2v) is 5.79. The molecule has 0 unspecified atom stereocenters. The van der Waals surface area contributed by atoms with E-state index in [0.29, 0.717) is 5.39 Å². The van der Waals surface area contributed by atoms with Gasteiger partial charge in [-0.2, -0.15) is 0 Å². The summed E-state index contributed by atoms with van der Waals surface area (Å²) in [7, 11) is 0. The Labute approximate surface area is 126 Å². The fraction of sp³-hybridized carbons (Fsp3) is 0.0625. The Bertz CT molecular complexity index is 816. The van der Waals surface area contributed by atoms with E-state index in [0.717, 1.165) is 15.2 Å². The predicted molar refractivity (Wildman–Crippen MR) is 83.7 cm³/mol. The van der Waals surface area contributed by atoms with Crippen LogP contribution < -0.4 is 0 Å². The maximum absolute atomic E-state index is 11.1. The first-order valence-electron chi connectivity index (χ1n) is 6.41. The SMILES string of the molecule is Cc1ccc(Sc2ccc([N+](=O)[O-])c3cnccc23)cc1. The topological polar surface area (TPSA) is 56.0 Å². The Kier molecular flexibility index (Phi) is 3.58. The van der Waals surface area contributed by atoms with Crippen molar-refractivity contribution in [1.29, 1.82) is 0 Å². The highest BCUT2D eigenvalue weighted by atomic mass is 32.2. The van der Waals surface area contributed by atoms with Gasteiger partial charge in [-0.15, -0.1) is 0 Å². The van der Waals surface area contributed by atoms with Crippen molar-refractivity contribution in [3.8, 4) is 0 Å². The maximum atomic E-state index is 11.1. The fourth-order valence-electron chi connectivity index (χ4n) is 2.13. The molecule has 0 amide bonds.